The summed E-state index contributed by atoms with van der Waals surface area (Å²) in [6.45, 7) is 3.07. The predicted octanol–water partition coefficient (Wildman–Crippen LogP) is 0.981. The van der Waals surface area contributed by atoms with Crippen molar-refractivity contribution in [2.75, 3.05) is 44.6 Å². The molecule has 2 N–H and O–H groups in total. The summed E-state index contributed by atoms with van der Waals surface area (Å²) in [7, 11) is 0. The Hall–Kier alpha value is -1.63. The molecule has 0 unspecified atom stereocenters. The Labute approximate surface area is 128 Å². The van der Waals surface area contributed by atoms with Gasteiger partial charge < -0.3 is 10.4 Å². The van der Waals surface area contributed by atoms with Crippen molar-refractivity contribution < 1.29 is 14.7 Å². The highest BCUT2D eigenvalue weighted by molar-refractivity contribution is 6.30. The number of carbonyl (C=O) groups is 2. The van der Waals surface area contributed by atoms with E-state index >= 15 is 0 Å². The van der Waals surface area contributed by atoms with Gasteiger partial charge in [-0.05, 0) is 18.2 Å². The van der Waals surface area contributed by atoms with E-state index in [4.69, 9.17) is 16.7 Å². The van der Waals surface area contributed by atoms with Crippen LogP contribution in [0.15, 0.2) is 24.3 Å². The molecule has 1 amide bonds. The van der Waals surface area contributed by atoms with Gasteiger partial charge in [-0.25, -0.2) is 0 Å². The first-order valence-electron chi connectivity index (χ1n) is 6.75. The van der Waals surface area contributed by atoms with E-state index in [1.54, 1.807) is 24.3 Å². The minimum atomic E-state index is -0.817. The van der Waals surface area contributed by atoms with E-state index in [1.165, 1.54) is 0 Å². The topological polar surface area (TPSA) is 72.9 Å². The molecular weight excluding hydrogens is 294 g/mol. The van der Waals surface area contributed by atoms with Crippen molar-refractivity contribution in [3.8, 4) is 0 Å². The first-order chi connectivity index (χ1) is 10.0. The van der Waals surface area contributed by atoms with Crippen LogP contribution in [-0.4, -0.2) is 66.1 Å². The minimum Gasteiger partial charge on any atom is -0.480 e. The molecule has 1 saturated heterocycles. The molecule has 1 heterocycles. The zero-order valence-corrected chi connectivity index (χ0v) is 12.3. The van der Waals surface area contributed by atoms with Crippen molar-refractivity contribution in [3.05, 3.63) is 29.3 Å². The molecular formula is C14H18ClN3O3. The highest BCUT2D eigenvalue weighted by Crippen LogP contribution is 2.14. The Bertz CT molecular complexity index is 516. The number of aliphatic carboxylic acids is 1. The van der Waals surface area contributed by atoms with E-state index < -0.39 is 5.97 Å². The Kier molecular flexibility index (Phi) is 5.55. The molecule has 1 aromatic rings. The molecule has 6 nitrogen and oxygen atoms in total. The van der Waals surface area contributed by atoms with E-state index in [-0.39, 0.29) is 12.5 Å². The SMILES string of the molecule is O=C(O)CN1CCN(CC(=O)Nc2cccc(Cl)c2)CC1. The Morgan fingerprint density at radius 2 is 1.76 bits per heavy atom. The van der Waals surface area contributed by atoms with E-state index in [2.05, 4.69) is 5.32 Å². The molecule has 0 bridgehead atoms. The summed E-state index contributed by atoms with van der Waals surface area (Å²) in [5, 5.41) is 12.1. The molecule has 0 radical (unpaired) electrons. The van der Waals surface area contributed by atoms with Gasteiger partial charge in [-0.2, -0.15) is 0 Å². The van der Waals surface area contributed by atoms with E-state index in [0.717, 1.165) is 0 Å². The van der Waals surface area contributed by atoms with Crippen molar-refractivity contribution >= 4 is 29.2 Å². The normalized spacial score (nSPS) is 16.6. The van der Waals surface area contributed by atoms with Gasteiger partial charge in [-0.3, -0.25) is 19.4 Å². The summed E-state index contributed by atoms with van der Waals surface area (Å²) in [5.74, 6) is -0.911. The molecule has 0 aromatic heterocycles. The zero-order valence-electron chi connectivity index (χ0n) is 11.6. The number of amides is 1. The summed E-state index contributed by atoms with van der Waals surface area (Å²) >= 11 is 5.86. The third-order valence-corrected chi connectivity index (χ3v) is 3.53. The molecule has 0 saturated carbocycles. The maximum Gasteiger partial charge on any atom is 0.317 e. The largest absolute Gasteiger partial charge is 0.480 e. The van der Waals surface area contributed by atoms with E-state index in [0.29, 0.717) is 43.4 Å². The first kappa shape index (κ1) is 15.8. The molecule has 7 heteroatoms. The molecule has 0 atom stereocenters. The quantitative estimate of drug-likeness (QED) is 0.848. The number of rotatable bonds is 5. The zero-order chi connectivity index (χ0) is 15.2. The van der Waals surface area contributed by atoms with Crippen LogP contribution < -0.4 is 5.32 Å². The monoisotopic (exact) mass is 311 g/mol. The minimum absolute atomic E-state index is 0.0581. The molecule has 1 aliphatic rings. The van der Waals surface area contributed by atoms with Crippen LogP contribution in [0.25, 0.3) is 0 Å². The highest BCUT2D eigenvalue weighted by atomic mass is 35.5. The van der Waals surface area contributed by atoms with Gasteiger partial charge in [-0.15, -0.1) is 0 Å². The van der Waals surface area contributed by atoms with Crippen LogP contribution in [-0.2, 0) is 9.59 Å². The first-order valence-corrected chi connectivity index (χ1v) is 7.12. The summed E-state index contributed by atoms with van der Waals surface area (Å²) in [5.41, 5.74) is 0.678. The lowest BCUT2D eigenvalue weighted by Gasteiger charge is -2.33. The molecule has 2 rings (SSSR count). The van der Waals surface area contributed by atoms with Gasteiger partial charge in [0.2, 0.25) is 5.91 Å². The van der Waals surface area contributed by atoms with Crippen LogP contribution in [0.1, 0.15) is 0 Å². The molecule has 0 aliphatic carbocycles. The fourth-order valence-electron chi connectivity index (χ4n) is 2.27. The van der Waals surface area contributed by atoms with Crippen molar-refractivity contribution in [1.29, 1.82) is 0 Å². The Balaban J connectivity index is 1.75. The van der Waals surface area contributed by atoms with Crippen molar-refractivity contribution in [2.45, 2.75) is 0 Å². The second kappa shape index (κ2) is 7.40. The van der Waals surface area contributed by atoms with Gasteiger partial charge in [-0.1, -0.05) is 17.7 Å². The molecule has 114 valence electrons. The third-order valence-electron chi connectivity index (χ3n) is 3.30. The number of nitrogens with one attached hydrogen (secondary N) is 1. The smallest absolute Gasteiger partial charge is 0.317 e. The van der Waals surface area contributed by atoms with Crippen molar-refractivity contribution in [1.82, 2.24) is 9.80 Å². The number of nitrogens with zero attached hydrogens (tertiary/aromatic N) is 2. The van der Waals surface area contributed by atoms with E-state index in [1.807, 2.05) is 9.80 Å². The van der Waals surface area contributed by atoms with Crippen LogP contribution in [0.4, 0.5) is 5.69 Å². The van der Waals surface area contributed by atoms with Gasteiger partial charge >= 0.3 is 5.97 Å². The number of hydrogen-bond donors (Lipinski definition) is 2. The molecule has 1 fully saturated rings. The number of halogens is 1. The number of hydrogen-bond acceptors (Lipinski definition) is 4. The predicted molar refractivity (Wildman–Crippen MR) is 80.6 cm³/mol. The van der Waals surface area contributed by atoms with Crippen LogP contribution in [0, 0.1) is 0 Å². The van der Waals surface area contributed by atoms with Gasteiger partial charge in [0.1, 0.15) is 0 Å². The third kappa shape index (κ3) is 5.34. The van der Waals surface area contributed by atoms with Crippen LogP contribution in [0.5, 0.6) is 0 Å². The number of carboxylic acids is 1. The lowest BCUT2D eigenvalue weighted by molar-refractivity contribution is -0.139. The van der Waals surface area contributed by atoms with Gasteiger partial charge in [0, 0.05) is 36.9 Å². The summed E-state index contributed by atoms with van der Waals surface area (Å²) < 4.78 is 0. The highest BCUT2D eigenvalue weighted by Gasteiger charge is 2.20. The van der Waals surface area contributed by atoms with Crippen molar-refractivity contribution in [2.24, 2.45) is 0 Å². The standard InChI is InChI=1S/C14H18ClN3O3/c15-11-2-1-3-12(8-11)16-13(19)9-17-4-6-18(7-5-17)10-14(20)21/h1-3,8H,4-7,9-10H2,(H,16,19)(H,20,21). The summed E-state index contributed by atoms with van der Waals surface area (Å²) in [6, 6.07) is 7.01. The molecule has 0 spiro atoms. The Morgan fingerprint density at radius 3 is 2.33 bits per heavy atom. The number of benzene rings is 1. The fourth-order valence-corrected chi connectivity index (χ4v) is 2.46. The number of anilines is 1. The lowest BCUT2D eigenvalue weighted by Crippen LogP contribution is -2.49. The summed E-state index contributed by atoms with van der Waals surface area (Å²) in [4.78, 5) is 26.5. The lowest BCUT2D eigenvalue weighted by atomic mass is 10.3. The number of piperazine rings is 1. The molecule has 21 heavy (non-hydrogen) atoms. The van der Waals surface area contributed by atoms with E-state index in [9.17, 15) is 9.59 Å². The summed E-state index contributed by atoms with van der Waals surface area (Å²) in [6.07, 6.45) is 0. The number of carbonyl (C=O) groups excluding carboxylic acids is 1. The van der Waals surface area contributed by atoms with Crippen LogP contribution >= 0.6 is 11.6 Å². The maximum absolute atomic E-state index is 11.9. The number of carboxylic acid groups (broad SMARTS) is 1. The van der Waals surface area contributed by atoms with Crippen molar-refractivity contribution in [3.63, 3.8) is 0 Å². The van der Waals surface area contributed by atoms with Gasteiger partial charge in [0.15, 0.2) is 0 Å². The second-order valence-electron chi connectivity index (χ2n) is 5.00. The average molecular weight is 312 g/mol. The van der Waals surface area contributed by atoms with Crippen LogP contribution in [0.3, 0.4) is 0 Å². The maximum atomic E-state index is 11.9. The van der Waals surface area contributed by atoms with Gasteiger partial charge in [0.25, 0.3) is 0 Å². The molecule has 1 aliphatic heterocycles. The van der Waals surface area contributed by atoms with Gasteiger partial charge in [0.05, 0.1) is 13.1 Å². The van der Waals surface area contributed by atoms with Crippen LogP contribution in [0.2, 0.25) is 5.02 Å². The second-order valence-corrected chi connectivity index (χ2v) is 5.44. The fraction of sp³-hybridized carbons (Fsp3) is 0.429. The Morgan fingerprint density at radius 1 is 1.14 bits per heavy atom. The average Bonchev–Trinajstić information content (AvgIpc) is 2.40. The molecule has 1 aromatic carbocycles.